The van der Waals surface area contributed by atoms with E-state index in [2.05, 4.69) is 35.1 Å². The van der Waals surface area contributed by atoms with Gasteiger partial charge in [0.2, 0.25) is 0 Å². The predicted molar refractivity (Wildman–Crippen MR) is 130 cm³/mol. The van der Waals surface area contributed by atoms with Gasteiger partial charge in [0.05, 0.1) is 17.8 Å². The maximum atomic E-state index is 13.8. The molecule has 0 bridgehead atoms. The number of aromatic nitrogens is 2. The lowest BCUT2D eigenvalue weighted by Gasteiger charge is -2.27. The molecule has 34 heavy (non-hydrogen) atoms. The van der Waals surface area contributed by atoms with Gasteiger partial charge in [-0.05, 0) is 75.5 Å². The predicted octanol–water partition coefficient (Wildman–Crippen LogP) is 4.51. The molecule has 0 saturated carbocycles. The monoisotopic (exact) mass is 467 g/mol. The highest BCUT2D eigenvalue weighted by molar-refractivity contribution is 5.28. The first-order valence-corrected chi connectivity index (χ1v) is 12.0. The molecule has 1 saturated heterocycles. The summed E-state index contributed by atoms with van der Waals surface area (Å²) < 4.78 is 27.4. The van der Waals surface area contributed by atoms with E-state index in [9.17, 15) is 9.50 Å². The number of para-hydroxylation sites is 1. The molecule has 1 atom stereocenters. The van der Waals surface area contributed by atoms with E-state index in [-0.39, 0.29) is 12.4 Å². The molecule has 1 aliphatic rings. The van der Waals surface area contributed by atoms with E-state index in [1.807, 2.05) is 23.7 Å². The Morgan fingerprint density at radius 3 is 2.68 bits per heavy atom. The van der Waals surface area contributed by atoms with Crippen LogP contribution in [0.15, 0.2) is 54.6 Å². The van der Waals surface area contributed by atoms with E-state index in [1.165, 1.54) is 11.6 Å². The lowest BCUT2D eigenvalue weighted by Crippen LogP contribution is -2.37. The zero-order valence-electron chi connectivity index (χ0n) is 20.0. The van der Waals surface area contributed by atoms with Gasteiger partial charge in [-0.15, -0.1) is 0 Å². The van der Waals surface area contributed by atoms with Crippen molar-refractivity contribution in [2.75, 3.05) is 26.3 Å². The number of nitrogens with zero attached hydrogens (tertiary/aromatic N) is 3. The van der Waals surface area contributed by atoms with E-state index in [4.69, 9.17) is 9.47 Å². The van der Waals surface area contributed by atoms with Gasteiger partial charge >= 0.3 is 0 Å². The van der Waals surface area contributed by atoms with Crippen LogP contribution in [0.2, 0.25) is 0 Å². The smallest absolute Gasteiger partial charge is 0.165 e. The third-order valence-electron chi connectivity index (χ3n) is 6.32. The summed E-state index contributed by atoms with van der Waals surface area (Å²) in [6.07, 6.45) is 2.07. The molecular formula is C27H34FN3O3. The molecule has 1 aromatic heterocycles. The summed E-state index contributed by atoms with van der Waals surface area (Å²) in [6.45, 7) is 7.85. The second-order valence-corrected chi connectivity index (χ2v) is 9.22. The number of likely N-dealkylation sites (tertiary alicyclic amines) is 1. The molecule has 1 N–H and O–H groups in total. The summed E-state index contributed by atoms with van der Waals surface area (Å²) in [4.78, 5) is 2.34. The molecule has 1 fully saturated rings. The van der Waals surface area contributed by atoms with Gasteiger partial charge in [-0.1, -0.05) is 24.3 Å². The number of rotatable bonds is 9. The summed E-state index contributed by atoms with van der Waals surface area (Å²) in [6, 6.07) is 16.6. The molecule has 1 aliphatic heterocycles. The number of ether oxygens (including phenoxy) is 2. The Kier molecular flexibility index (Phi) is 7.85. The van der Waals surface area contributed by atoms with Gasteiger partial charge in [0.25, 0.3) is 0 Å². The van der Waals surface area contributed by atoms with Crippen molar-refractivity contribution in [3.05, 3.63) is 77.4 Å². The van der Waals surface area contributed by atoms with Crippen molar-refractivity contribution in [1.82, 2.24) is 14.7 Å². The maximum Gasteiger partial charge on any atom is 0.165 e. The van der Waals surface area contributed by atoms with Gasteiger partial charge < -0.3 is 14.6 Å². The minimum atomic E-state index is -0.953. The second-order valence-electron chi connectivity index (χ2n) is 9.22. The van der Waals surface area contributed by atoms with Gasteiger partial charge in [0.1, 0.15) is 19.0 Å². The van der Waals surface area contributed by atoms with Crippen molar-refractivity contribution in [3.8, 4) is 11.5 Å². The SMILES string of the molecule is Cc1cc(C)n(CCOc2cccc(CN3CCC[C@](O)(COc4ccccc4F)CC3)c2)n1. The van der Waals surface area contributed by atoms with Crippen molar-refractivity contribution < 1.29 is 19.0 Å². The minimum Gasteiger partial charge on any atom is -0.492 e. The Hall–Kier alpha value is -2.90. The lowest BCUT2D eigenvalue weighted by molar-refractivity contribution is -0.0177. The van der Waals surface area contributed by atoms with Gasteiger partial charge in [-0.3, -0.25) is 9.58 Å². The van der Waals surface area contributed by atoms with Crippen LogP contribution in [0, 0.1) is 19.7 Å². The van der Waals surface area contributed by atoms with Crippen LogP contribution in [0.5, 0.6) is 11.5 Å². The Balaban J connectivity index is 1.27. The standard InChI is InChI=1S/C27H34FN3O3/c1-21-17-22(2)31(29-21)15-16-33-24-8-5-7-23(18-24)19-30-13-6-11-27(32,12-14-30)20-34-26-10-4-3-9-25(26)28/h3-5,7-10,17-18,32H,6,11-16,19-20H2,1-2H3/t27-/m1/s1. The maximum absolute atomic E-state index is 13.8. The quantitative estimate of drug-likeness (QED) is 0.502. The summed E-state index contributed by atoms with van der Waals surface area (Å²) in [5.74, 6) is 0.633. The lowest BCUT2D eigenvalue weighted by atomic mass is 9.96. The van der Waals surface area contributed by atoms with Gasteiger partial charge in [0, 0.05) is 18.8 Å². The molecule has 182 valence electrons. The number of aryl methyl sites for hydroxylation is 2. The number of halogens is 1. The van der Waals surface area contributed by atoms with E-state index in [0.717, 1.165) is 43.2 Å². The fourth-order valence-corrected chi connectivity index (χ4v) is 4.45. The van der Waals surface area contributed by atoms with Gasteiger partial charge in [0.15, 0.2) is 11.6 Å². The van der Waals surface area contributed by atoms with Gasteiger partial charge in [-0.25, -0.2) is 4.39 Å². The highest BCUT2D eigenvalue weighted by Crippen LogP contribution is 2.26. The highest BCUT2D eigenvalue weighted by Gasteiger charge is 2.31. The minimum absolute atomic E-state index is 0.0976. The molecule has 0 amide bonds. The molecule has 0 unspecified atom stereocenters. The summed E-state index contributed by atoms with van der Waals surface area (Å²) in [5.41, 5.74) is 2.37. The third kappa shape index (κ3) is 6.58. The molecule has 0 radical (unpaired) electrons. The normalized spacial score (nSPS) is 19.1. The van der Waals surface area contributed by atoms with Crippen LogP contribution in [0.4, 0.5) is 4.39 Å². The molecule has 3 aromatic rings. The fraction of sp³-hybridized carbons (Fsp3) is 0.444. The number of aliphatic hydroxyl groups is 1. The highest BCUT2D eigenvalue weighted by atomic mass is 19.1. The van der Waals surface area contributed by atoms with Crippen LogP contribution in [-0.2, 0) is 13.1 Å². The topological polar surface area (TPSA) is 59.8 Å². The van der Waals surface area contributed by atoms with Crippen LogP contribution in [0.1, 0.15) is 36.2 Å². The second kappa shape index (κ2) is 11.0. The molecule has 7 heteroatoms. The zero-order chi connectivity index (χ0) is 24.0. The first-order chi connectivity index (χ1) is 16.4. The van der Waals surface area contributed by atoms with E-state index in [1.54, 1.807) is 18.2 Å². The zero-order valence-corrected chi connectivity index (χ0v) is 20.0. The summed E-state index contributed by atoms with van der Waals surface area (Å²) in [5, 5.41) is 15.5. The van der Waals surface area contributed by atoms with Crippen molar-refractivity contribution in [2.45, 2.75) is 51.8 Å². The first-order valence-electron chi connectivity index (χ1n) is 12.0. The Morgan fingerprint density at radius 1 is 1.03 bits per heavy atom. The van der Waals surface area contributed by atoms with Crippen LogP contribution in [0.25, 0.3) is 0 Å². The molecule has 4 rings (SSSR count). The van der Waals surface area contributed by atoms with Crippen molar-refractivity contribution in [1.29, 1.82) is 0 Å². The van der Waals surface area contributed by atoms with Crippen molar-refractivity contribution in [3.63, 3.8) is 0 Å². The van der Waals surface area contributed by atoms with Crippen LogP contribution in [0.3, 0.4) is 0 Å². The number of hydrogen-bond acceptors (Lipinski definition) is 5. The average Bonchev–Trinajstić information content (AvgIpc) is 3.02. The van der Waals surface area contributed by atoms with E-state index >= 15 is 0 Å². The van der Waals surface area contributed by atoms with Gasteiger partial charge in [-0.2, -0.15) is 5.10 Å². The summed E-state index contributed by atoms with van der Waals surface area (Å²) >= 11 is 0. The molecular weight excluding hydrogens is 433 g/mol. The van der Waals surface area contributed by atoms with E-state index in [0.29, 0.717) is 26.0 Å². The Morgan fingerprint density at radius 2 is 1.88 bits per heavy atom. The fourth-order valence-electron chi connectivity index (χ4n) is 4.45. The Bertz CT molecular complexity index is 1090. The molecule has 2 aromatic carbocycles. The van der Waals surface area contributed by atoms with Crippen LogP contribution in [-0.4, -0.2) is 51.7 Å². The van der Waals surface area contributed by atoms with Crippen LogP contribution >= 0.6 is 0 Å². The Labute approximate surface area is 200 Å². The van der Waals surface area contributed by atoms with Crippen LogP contribution < -0.4 is 9.47 Å². The average molecular weight is 468 g/mol. The molecule has 6 nitrogen and oxygen atoms in total. The summed E-state index contributed by atoms with van der Waals surface area (Å²) in [7, 11) is 0. The largest absolute Gasteiger partial charge is 0.492 e. The van der Waals surface area contributed by atoms with E-state index < -0.39 is 11.4 Å². The number of benzene rings is 2. The number of hydrogen-bond donors (Lipinski definition) is 1. The molecule has 0 spiro atoms. The van der Waals surface area contributed by atoms with Crippen molar-refractivity contribution in [2.24, 2.45) is 0 Å². The third-order valence-corrected chi connectivity index (χ3v) is 6.32. The van der Waals surface area contributed by atoms with Crippen molar-refractivity contribution >= 4 is 0 Å². The first kappa shape index (κ1) is 24.2. The molecule has 0 aliphatic carbocycles. The molecule has 2 heterocycles.